The van der Waals surface area contributed by atoms with E-state index in [1.807, 2.05) is 0 Å². The van der Waals surface area contributed by atoms with Gasteiger partial charge in [0.05, 0.1) is 29.5 Å². The molecule has 0 saturated heterocycles. The van der Waals surface area contributed by atoms with Crippen LogP contribution in [-0.2, 0) is 4.79 Å². The van der Waals surface area contributed by atoms with Crippen LogP contribution in [0.4, 0.5) is 0 Å². The van der Waals surface area contributed by atoms with Crippen molar-refractivity contribution in [3.05, 3.63) is 11.6 Å². The van der Waals surface area contributed by atoms with Gasteiger partial charge in [0.15, 0.2) is 5.78 Å². The molecule has 0 unspecified atom stereocenters. The molecule has 0 bridgehead atoms. The maximum atomic E-state index is 13.2. The van der Waals surface area contributed by atoms with Gasteiger partial charge in [-0.15, -0.1) is 0 Å². The van der Waals surface area contributed by atoms with E-state index in [0.29, 0.717) is 25.7 Å². The second-order valence-corrected chi connectivity index (χ2v) is 12.9. The number of aliphatic hydroxyl groups excluding tert-OH is 3. The fraction of sp³-hybridized carbons (Fsp3) is 0.889. The molecule has 0 aromatic heterocycles. The minimum absolute atomic E-state index is 0. The molecular formula is C27H46O6Pb. The van der Waals surface area contributed by atoms with Crippen LogP contribution >= 0.6 is 0 Å². The Morgan fingerprint density at radius 2 is 1.76 bits per heavy atom. The summed E-state index contributed by atoms with van der Waals surface area (Å²) in [5, 5.41) is 53.9. The number of hydrogen-bond donors (Lipinski definition) is 5. The fourth-order valence-electron chi connectivity index (χ4n) is 8.29. The summed E-state index contributed by atoms with van der Waals surface area (Å²) in [4.78, 5) is 13.2. The van der Waals surface area contributed by atoms with Gasteiger partial charge in [0.2, 0.25) is 0 Å². The van der Waals surface area contributed by atoms with Crippen LogP contribution in [0.25, 0.3) is 0 Å². The summed E-state index contributed by atoms with van der Waals surface area (Å²) in [6, 6.07) is 0. The third-order valence-electron chi connectivity index (χ3n) is 10.5. The van der Waals surface area contributed by atoms with Crippen molar-refractivity contribution in [2.45, 2.75) is 115 Å². The van der Waals surface area contributed by atoms with Crippen molar-refractivity contribution in [2.75, 3.05) is 0 Å². The molecule has 3 fully saturated rings. The predicted molar refractivity (Wildman–Crippen MR) is 134 cm³/mol. The molecule has 3 saturated carbocycles. The molecule has 0 spiro atoms. The molecular weight excluding hydrogens is 627 g/mol. The molecule has 6 nitrogen and oxygen atoms in total. The standard InChI is InChI=1S/C27H44O6.Pb.2H/c1-15(20(28)8-9-24(2,3)32)16-7-11-27(33)18-12-21(29)19-13-22(30)23(31)14-25(19,4)17(18)6-10-26(16,27)5;;;/h12,15-17,19-20,22-23,28,30-33H,6-11,13-14H2,1-5H3;;;/t15-,16+,17-,19-,20+,22+,23-,25+,26+,27+;;;/m0.../s1. The van der Waals surface area contributed by atoms with E-state index in [1.54, 1.807) is 19.9 Å². The molecule has 194 valence electrons. The van der Waals surface area contributed by atoms with Crippen molar-refractivity contribution >= 4 is 33.1 Å². The summed E-state index contributed by atoms with van der Waals surface area (Å²) < 4.78 is 0. The van der Waals surface area contributed by atoms with Crippen LogP contribution in [0, 0.1) is 34.5 Å². The Labute approximate surface area is 224 Å². The predicted octanol–water partition coefficient (Wildman–Crippen LogP) is 1.82. The van der Waals surface area contributed by atoms with E-state index in [-0.39, 0.29) is 63.2 Å². The molecule has 2 radical (unpaired) electrons. The summed E-state index contributed by atoms with van der Waals surface area (Å²) in [5.41, 5.74) is -2.01. The minimum atomic E-state index is -1.10. The van der Waals surface area contributed by atoms with Gasteiger partial charge in [-0.05, 0) is 100 Å². The van der Waals surface area contributed by atoms with Gasteiger partial charge in [-0.2, -0.15) is 0 Å². The zero-order chi connectivity index (χ0) is 24.6. The van der Waals surface area contributed by atoms with E-state index < -0.39 is 40.3 Å². The van der Waals surface area contributed by atoms with Crippen molar-refractivity contribution in [2.24, 2.45) is 34.5 Å². The molecule has 0 aromatic carbocycles. The first kappa shape index (κ1) is 28.7. The zero-order valence-electron chi connectivity index (χ0n) is 21.6. The van der Waals surface area contributed by atoms with Crippen molar-refractivity contribution < 1.29 is 30.3 Å². The molecule has 0 heterocycles. The van der Waals surface area contributed by atoms with Crippen molar-refractivity contribution in [3.8, 4) is 0 Å². The molecule has 0 amide bonds. The first-order valence-corrected chi connectivity index (χ1v) is 12.9. The Bertz CT molecular complexity index is 822. The van der Waals surface area contributed by atoms with E-state index in [0.717, 1.165) is 24.8 Å². The van der Waals surface area contributed by atoms with Gasteiger partial charge < -0.3 is 25.5 Å². The summed E-state index contributed by atoms with van der Waals surface area (Å²) in [5.74, 6) is -0.264. The molecule has 4 rings (SSSR count). The SMILES string of the molecule is C[C@H]([C@H](O)CCC(C)(C)O)[C@H]1CC[C@@]2(O)C3=CC(=O)[C@@H]4C[C@@H](O)[C@@H](O)C[C@]4(C)[C@H]3CC[C@]12C.[PbH2]. The summed E-state index contributed by atoms with van der Waals surface area (Å²) in [6.45, 7) is 9.74. The van der Waals surface area contributed by atoms with Crippen LogP contribution in [0.2, 0.25) is 0 Å². The Morgan fingerprint density at radius 3 is 2.38 bits per heavy atom. The van der Waals surface area contributed by atoms with Crippen molar-refractivity contribution in [1.82, 2.24) is 0 Å². The van der Waals surface area contributed by atoms with E-state index in [9.17, 15) is 30.3 Å². The van der Waals surface area contributed by atoms with E-state index in [4.69, 9.17) is 0 Å². The molecule has 0 aliphatic heterocycles. The summed E-state index contributed by atoms with van der Waals surface area (Å²) >= 11 is 0. The molecule has 10 atom stereocenters. The third kappa shape index (κ3) is 4.40. The van der Waals surface area contributed by atoms with Crippen LogP contribution in [0.5, 0.6) is 0 Å². The van der Waals surface area contributed by atoms with Crippen molar-refractivity contribution in [3.63, 3.8) is 0 Å². The van der Waals surface area contributed by atoms with Crippen LogP contribution in [0.1, 0.15) is 86.0 Å². The Balaban J connectivity index is 0.00000324. The fourth-order valence-corrected chi connectivity index (χ4v) is 8.29. The normalized spacial score (nSPS) is 45.9. The number of fused-ring (bicyclic) bond motifs is 5. The molecule has 0 aromatic rings. The van der Waals surface area contributed by atoms with Gasteiger partial charge in [0.1, 0.15) is 0 Å². The van der Waals surface area contributed by atoms with E-state index in [2.05, 4.69) is 20.8 Å². The van der Waals surface area contributed by atoms with Crippen molar-refractivity contribution in [1.29, 1.82) is 0 Å². The monoisotopic (exact) mass is 674 g/mol. The van der Waals surface area contributed by atoms with E-state index >= 15 is 0 Å². The van der Waals surface area contributed by atoms with Crippen LogP contribution < -0.4 is 0 Å². The zero-order valence-corrected chi connectivity index (χ0v) is 27.1. The molecule has 5 N–H and O–H groups in total. The number of rotatable bonds is 5. The molecule has 4 aliphatic rings. The van der Waals surface area contributed by atoms with E-state index in [1.165, 1.54) is 0 Å². The van der Waals surface area contributed by atoms with Crippen LogP contribution in [0.15, 0.2) is 11.6 Å². The average Bonchev–Trinajstić information content (AvgIpc) is 2.99. The topological polar surface area (TPSA) is 118 Å². The average molecular weight is 674 g/mol. The summed E-state index contributed by atoms with van der Waals surface area (Å²) in [7, 11) is 0. The number of aliphatic hydroxyl groups is 5. The van der Waals surface area contributed by atoms with Gasteiger partial charge in [0.25, 0.3) is 0 Å². The maximum absolute atomic E-state index is 13.2. The Hall–Kier alpha value is 0.132. The second-order valence-electron chi connectivity index (χ2n) is 12.9. The molecule has 7 heteroatoms. The second kappa shape index (κ2) is 9.46. The summed E-state index contributed by atoms with van der Waals surface area (Å²) in [6.07, 6.45) is 4.06. The van der Waals surface area contributed by atoms with Gasteiger partial charge in [-0.1, -0.05) is 20.8 Å². The van der Waals surface area contributed by atoms with Crippen LogP contribution in [0.3, 0.4) is 0 Å². The quantitative estimate of drug-likeness (QED) is 0.285. The van der Waals surface area contributed by atoms with Gasteiger partial charge in [-0.3, -0.25) is 4.79 Å². The number of carbonyl (C=O) groups excluding carboxylic acids is 1. The molecule has 34 heavy (non-hydrogen) atoms. The van der Waals surface area contributed by atoms with Gasteiger partial charge >= 0.3 is 27.3 Å². The Kier molecular flexibility index (Phi) is 7.99. The number of carbonyl (C=O) groups is 1. The first-order valence-electron chi connectivity index (χ1n) is 12.9. The van der Waals surface area contributed by atoms with Crippen LogP contribution in [-0.4, -0.2) is 88.1 Å². The number of hydrogen-bond acceptors (Lipinski definition) is 6. The molecule has 4 aliphatic carbocycles. The van der Waals surface area contributed by atoms with Gasteiger partial charge in [0, 0.05) is 11.3 Å². The Morgan fingerprint density at radius 1 is 1.12 bits per heavy atom. The van der Waals surface area contributed by atoms with Gasteiger partial charge in [-0.25, -0.2) is 0 Å². The number of allylic oxidation sites excluding steroid dienone is 1. The first-order chi connectivity index (χ1) is 15.1. The third-order valence-corrected chi connectivity index (χ3v) is 10.5. The number of ketones is 1.